The molecule has 1 aromatic heterocycles. The van der Waals surface area contributed by atoms with Crippen LogP contribution in [0.1, 0.15) is 21.6 Å². The summed E-state index contributed by atoms with van der Waals surface area (Å²) in [5.41, 5.74) is 4.08. The van der Waals surface area contributed by atoms with Gasteiger partial charge in [0.1, 0.15) is 5.69 Å². The fourth-order valence-corrected chi connectivity index (χ4v) is 2.61. The van der Waals surface area contributed by atoms with Gasteiger partial charge in [-0.2, -0.15) is 0 Å². The molecule has 0 bridgehead atoms. The predicted molar refractivity (Wildman–Crippen MR) is 103 cm³/mol. The highest BCUT2D eigenvalue weighted by molar-refractivity contribution is 9.10. The van der Waals surface area contributed by atoms with E-state index in [2.05, 4.69) is 36.5 Å². The number of aromatic nitrogens is 2. The van der Waals surface area contributed by atoms with Gasteiger partial charge in [0.05, 0.1) is 0 Å². The average molecular weight is 397 g/mol. The van der Waals surface area contributed by atoms with Gasteiger partial charge in [-0.15, -0.1) is 0 Å². The summed E-state index contributed by atoms with van der Waals surface area (Å²) in [4.78, 5) is 20.9. The molecule has 3 rings (SSSR count). The summed E-state index contributed by atoms with van der Waals surface area (Å²) in [5.74, 6) is 0.101. The summed E-state index contributed by atoms with van der Waals surface area (Å²) >= 11 is 3.39. The van der Waals surface area contributed by atoms with E-state index in [4.69, 9.17) is 0 Å². The molecule has 0 aliphatic rings. The molecule has 0 spiro atoms. The van der Waals surface area contributed by atoms with Crippen molar-refractivity contribution in [2.75, 3.05) is 10.6 Å². The lowest BCUT2D eigenvalue weighted by Crippen LogP contribution is -2.15. The fourth-order valence-electron chi connectivity index (χ4n) is 2.35. The highest BCUT2D eigenvalue weighted by Gasteiger charge is 2.11. The first kappa shape index (κ1) is 17.1. The number of carbonyl (C=O) groups is 1. The fraction of sp³-hybridized carbons (Fsp3) is 0.105. The molecule has 0 fully saturated rings. The summed E-state index contributed by atoms with van der Waals surface area (Å²) in [5, 5.41) is 5.98. The molecule has 5 nitrogen and oxygen atoms in total. The maximum absolute atomic E-state index is 12.5. The first-order valence-electron chi connectivity index (χ1n) is 7.75. The van der Waals surface area contributed by atoms with Gasteiger partial charge in [0.2, 0.25) is 5.95 Å². The Labute approximate surface area is 154 Å². The maximum atomic E-state index is 12.5. The van der Waals surface area contributed by atoms with Crippen LogP contribution in [0.2, 0.25) is 0 Å². The van der Waals surface area contributed by atoms with Crippen LogP contribution in [0, 0.1) is 13.8 Å². The minimum Gasteiger partial charge on any atom is -0.324 e. The molecule has 0 saturated heterocycles. The topological polar surface area (TPSA) is 66.9 Å². The Morgan fingerprint density at radius 1 is 1.04 bits per heavy atom. The van der Waals surface area contributed by atoms with E-state index in [0.29, 0.717) is 11.6 Å². The number of halogens is 1. The molecule has 1 amide bonds. The van der Waals surface area contributed by atoms with Crippen LogP contribution in [0.15, 0.2) is 59.2 Å². The molecule has 1 heterocycles. The molecule has 126 valence electrons. The van der Waals surface area contributed by atoms with Crippen molar-refractivity contribution in [3.8, 4) is 0 Å². The lowest BCUT2D eigenvalue weighted by atomic mass is 10.1. The van der Waals surface area contributed by atoms with Crippen LogP contribution in [-0.4, -0.2) is 15.9 Å². The number of benzene rings is 2. The second kappa shape index (κ2) is 7.44. The number of hydrogen-bond donors (Lipinski definition) is 2. The highest BCUT2D eigenvalue weighted by Crippen LogP contribution is 2.19. The average Bonchev–Trinajstić information content (AvgIpc) is 2.60. The zero-order valence-corrected chi connectivity index (χ0v) is 15.5. The molecule has 0 saturated carbocycles. The molecule has 0 atom stereocenters. The van der Waals surface area contributed by atoms with Gasteiger partial charge < -0.3 is 10.6 Å². The second-order valence-corrected chi connectivity index (χ2v) is 6.59. The molecule has 2 aromatic carbocycles. The number of aryl methyl sites for hydroxylation is 2. The lowest BCUT2D eigenvalue weighted by molar-refractivity contribution is 0.102. The van der Waals surface area contributed by atoms with E-state index in [1.807, 2.05) is 56.3 Å². The molecule has 0 unspecified atom stereocenters. The van der Waals surface area contributed by atoms with Crippen LogP contribution >= 0.6 is 15.9 Å². The van der Waals surface area contributed by atoms with Crippen LogP contribution < -0.4 is 10.6 Å². The van der Waals surface area contributed by atoms with Gasteiger partial charge in [-0.3, -0.25) is 4.79 Å². The summed E-state index contributed by atoms with van der Waals surface area (Å²) in [6, 6.07) is 15.1. The van der Waals surface area contributed by atoms with Crippen LogP contribution in [0.3, 0.4) is 0 Å². The third kappa shape index (κ3) is 4.42. The van der Waals surface area contributed by atoms with Crippen LogP contribution in [0.5, 0.6) is 0 Å². The molecule has 0 aliphatic heterocycles. The van der Waals surface area contributed by atoms with E-state index in [1.54, 1.807) is 12.3 Å². The Morgan fingerprint density at radius 3 is 2.52 bits per heavy atom. The van der Waals surface area contributed by atoms with E-state index in [1.165, 1.54) is 0 Å². The van der Waals surface area contributed by atoms with Gasteiger partial charge in [-0.1, -0.05) is 33.6 Å². The number of nitrogens with zero attached hydrogens (tertiary/aromatic N) is 2. The second-order valence-electron chi connectivity index (χ2n) is 5.67. The maximum Gasteiger partial charge on any atom is 0.274 e. The van der Waals surface area contributed by atoms with Crippen molar-refractivity contribution >= 4 is 39.2 Å². The van der Waals surface area contributed by atoms with Crippen molar-refractivity contribution in [2.45, 2.75) is 13.8 Å². The van der Waals surface area contributed by atoms with Crippen molar-refractivity contribution in [3.05, 3.63) is 76.0 Å². The zero-order valence-electron chi connectivity index (χ0n) is 13.9. The highest BCUT2D eigenvalue weighted by atomic mass is 79.9. The number of nitrogens with one attached hydrogen (secondary N) is 2. The number of hydrogen-bond acceptors (Lipinski definition) is 4. The number of amides is 1. The number of rotatable bonds is 4. The van der Waals surface area contributed by atoms with Gasteiger partial charge in [0.25, 0.3) is 5.91 Å². The molecule has 3 aromatic rings. The summed E-state index contributed by atoms with van der Waals surface area (Å²) in [7, 11) is 0. The SMILES string of the molecule is Cc1ccc(NC(=O)c2ccnc(Nc3ccc(Br)cc3)n2)c(C)c1. The van der Waals surface area contributed by atoms with Crippen molar-refractivity contribution in [3.63, 3.8) is 0 Å². The summed E-state index contributed by atoms with van der Waals surface area (Å²) in [6.07, 6.45) is 1.56. The van der Waals surface area contributed by atoms with Gasteiger partial charge in [-0.25, -0.2) is 9.97 Å². The Balaban J connectivity index is 1.76. The van der Waals surface area contributed by atoms with Gasteiger partial charge in [-0.05, 0) is 55.8 Å². The Hall–Kier alpha value is -2.73. The smallest absolute Gasteiger partial charge is 0.274 e. The Bertz CT molecular complexity index is 910. The van der Waals surface area contributed by atoms with E-state index >= 15 is 0 Å². The van der Waals surface area contributed by atoms with Crippen molar-refractivity contribution in [1.82, 2.24) is 9.97 Å². The monoisotopic (exact) mass is 396 g/mol. The molecule has 0 aliphatic carbocycles. The van der Waals surface area contributed by atoms with Gasteiger partial charge in [0, 0.05) is 22.0 Å². The molecular formula is C19H17BrN4O. The molecule has 25 heavy (non-hydrogen) atoms. The third-order valence-electron chi connectivity index (χ3n) is 3.62. The van der Waals surface area contributed by atoms with Crippen molar-refractivity contribution in [1.29, 1.82) is 0 Å². The molecular weight excluding hydrogens is 380 g/mol. The van der Waals surface area contributed by atoms with E-state index in [9.17, 15) is 4.79 Å². The van der Waals surface area contributed by atoms with Gasteiger partial charge in [0.15, 0.2) is 0 Å². The minimum absolute atomic E-state index is 0.270. The normalized spacial score (nSPS) is 10.4. The standard InChI is InChI=1S/C19H17BrN4O/c1-12-3-8-16(13(2)11-12)23-18(25)17-9-10-21-19(24-17)22-15-6-4-14(20)5-7-15/h3-11H,1-2H3,(H,23,25)(H,21,22,24). The molecule has 0 radical (unpaired) electrons. The largest absolute Gasteiger partial charge is 0.324 e. The van der Waals surface area contributed by atoms with Crippen LogP contribution in [0.4, 0.5) is 17.3 Å². The van der Waals surface area contributed by atoms with Crippen LogP contribution in [-0.2, 0) is 0 Å². The Morgan fingerprint density at radius 2 is 1.80 bits per heavy atom. The molecule has 6 heteroatoms. The number of carbonyl (C=O) groups excluding carboxylic acids is 1. The van der Waals surface area contributed by atoms with E-state index in [0.717, 1.165) is 27.0 Å². The molecule has 2 N–H and O–H groups in total. The van der Waals surface area contributed by atoms with Crippen molar-refractivity contribution in [2.24, 2.45) is 0 Å². The summed E-state index contributed by atoms with van der Waals surface area (Å²) < 4.78 is 0.987. The quantitative estimate of drug-likeness (QED) is 0.661. The first-order chi connectivity index (χ1) is 12.0. The van der Waals surface area contributed by atoms with Crippen molar-refractivity contribution < 1.29 is 4.79 Å². The predicted octanol–water partition coefficient (Wildman–Crippen LogP) is 4.85. The summed E-state index contributed by atoms with van der Waals surface area (Å²) in [6.45, 7) is 3.98. The first-order valence-corrected chi connectivity index (χ1v) is 8.55. The third-order valence-corrected chi connectivity index (χ3v) is 4.15. The lowest BCUT2D eigenvalue weighted by Gasteiger charge is -2.10. The Kier molecular flexibility index (Phi) is 5.09. The van der Waals surface area contributed by atoms with E-state index in [-0.39, 0.29) is 5.91 Å². The van der Waals surface area contributed by atoms with Crippen LogP contribution in [0.25, 0.3) is 0 Å². The number of anilines is 3. The minimum atomic E-state index is -0.270. The van der Waals surface area contributed by atoms with E-state index < -0.39 is 0 Å². The zero-order chi connectivity index (χ0) is 17.8. The van der Waals surface area contributed by atoms with Gasteiger partial charge >= 0.3 is 0 Å².